The van der Waals surface area contributed by atoms with E-state index in [1.165, 1.54) is 30.1 Å². The Morgan fingerprint density at radius 1 is 1.36 bits per heavy atom. The van der Waals surface area contributed by atoms with Crippen LogP contribution in [0.2, 0.25) is 5.02 Å². The van der Waals surface area contributed by atoms with Crippen LogP contribution in [-0.2, 0) is 0 Å². The number of benzene rings is 1. The van der Waals surface area contributed by atoms with Crippen molar-refractivity contribution in [2.24, 2.45) is 0 Å². The molecule has 0 radical (unpaired) electrons. The number of hydrogen-bond acceptors (Lipinski definition) is 5. The fourth-order valence-electron chi connectivity index (χ4n) is 1.51. The number of carboxylic acid groups (broad SMARTS) is 1. The van der Waals surface area contributed by atoms with Gasteiger partial charge < -0.3 is 9.84 Å². The van der Waals surface area contributed by atoms with Crippen molar-refractivity contribution in [3.63, 3.8) is 0 Å². The third-order valence-electron chi connectivity index (χ3n) is 2.53. The average molecular weight is 343 g/mol. The van der Waals surface area contributed by atoms with Gasteiger partial charge in [0.2, 0.25) is 0 Å². The number of halogens is 2. The van der Waals surface area contributed by atoms with Crippen LogP contribution in [0, 0.1) is 5.82 Å². The predicted molar refractivity (Wildman–Crippen MR) is 81.2 cm³/mol. The van der Waals surface area contributed by atoms with Crippen molar-refractivity contribution < 1.29 is 19.0 Å². The molecule has 1 aromatic heterocycles. The third kappa shape index (κ3) is 4.85. The zero-order chi connectivity index (χ0) is 15.9. The first-order valence-corrected chi connectivity index (χ1v) is 7.69. The summed E-state index contributed by atoms with van der Waals surface area (Å²) in [6.07, 6.45) is 1.98. The van der Waals surface area contributed by atoms with E-state index in [4.69, 9.17) is 21.4 Å². The molecule has 0 bridgehead atoms. The van der Waals surface area contributed by atoms with Gasteiger partial charge in [0.05, 0.1) is 17.8 Å². The number of rotatable bonds is 7. The summed E-state index contributed by atoms with van der Waals surface area (Å²) in [5.41, 5.74) is -0.207. The van der Waals surface area contributed by atoms with E-state index in [1.54, 1.807) is 12.1 Å². The molecule has 0 amide bonds. The van der Waals surface area contributed by atoms with Gasteiger partial charge in [0.15, 0.2) is 10.9 Å². The van der Waals surface area contributed by atoms with Crippen LogP contribution in [0.3, 0.4) is 0 Å². The summed E-state index contributed by atoms with van der Waals surface area (Å²) < 4.78 is 18.2. The number of ether oxygens (including phenoxy) is 1. The van der Waals surface area contributed by atoms with E-state index < -0.39 is 5.97 Å². The summed E-state index contributed by atoms with van der Waals surface area (Å²) in [5, 5.41) is 9.28. The third-order valence-corrected chi connectivity index (χ3v) is 3.75. The molecule has 1 aromatic carbocycles. The average Bonchev–Trinajstić information content (AvgIpc) is 2.50. The molecule has 2 rings (SSSR count). The lowest BCUT2D eigenvalue weighted by atomic mass is 10.3. The minimum absolute atomic E-state index is 0.0106. The second-order valence-corrected chi connectivity index (χ2v) is 5.63. The molecule has 0 saturated carbocycles. The van der Waals surface area contributed by atoms with Gasteiger partial charge in [-0.15, -0.1) is 0 Å². The molecule has 116 valence electrons. The Labute approximate surface area is 135 Å². The van der Waals surface area contributed by atoms with E-state index in [0.717, 1.165) is 0 Å². The van der Waals surface area contributed by atoms with Crippen LogP contribution in [0.5, 0.6) is 5.75 Å². The van der Waals surface area contributed by atoms with Crippen molar-refractivity contribution in [2.75, 3.05) is 12.4 Å². The van der Waals surface area contributed by atoms with Gasteiger partial charge in [-0.25, -0.2) is 19.2 Å². The zero-order valence-corrected chi connectivity index (χ0v) is 12.9. The maximum Gasteiger partial charge on any atom is 0.356 e. The standard InChI is InChI=1S/C14H12ClFN2O3S/c15-11-8-17-14(18-12(11)13(19)20)22-7-1-6-21-10-4-2-9(16)3-5-10/h2-5,8H,1,6-7H2,(H,19,20). The van der Waals surface area contributed by atoms with Crippen LogP contribution in [0.15, 0.2) is 35.6 Å². The second kappa shape index (κ2) is 7.95. The molecule has 2 aromatic rings. The van der Waals surface area contributed by atoms with Gasteiger partial charge >= 0.3 is 5.97 Å². The Morgan fingerprint density at radius 2 is 2.09 bits per heavy atom. The molecular weight excluding hydrogens is 331 g/mol. The number of carboxylic acids is 1. The largest absolute Gasteiger partial charge is 0.494 e. The maximum absolute atomic E-state index is 12.7. The molecule has 1 heterocycles. The molecule has 0 aliphatic rings. The van der Waals surface area contributed by atoms with Gasteiger partial charge in [-0.05, 0) is 30.7 Å². The first-order valence-electron chi connectivity index (χ1n) is 6.33. The van der Waals surface area contributed by atoms with Gasteiger partial charge in [-0.3, -0.25) is 0 Å². The molecule has 0 aliphatic heterocycles. The van der Waals surface area contributed by atoms with Crippen molar-refractivity contribution in [2.45, 2.75) is 11.6 Å². The van der Waals surface area contributed by atoms with E-state index >= 15 is 0 Å². The fourth-order valence-corrected chi connectivity index (χ4v) is 2.41. The van der Waals surface area contributed by atoms with Crippen molar-refractivity contribution in [1.29, 1.82) is 0 Å². The van der Waals surface area contributed by atoms with Gasteiger partial charge in [-0.2, -0.15) is 0 Å². The molecule has 0 spiro atoms. The summed E-state index contributed by atoms with van der Waals surface area (Å²) in [4.78, 5) is 18.7. The van der Waals surface area contributed by atoms with E-state index in [1.807, 2.05) is 0 Å². The lowest BCUT2D eigenvalue weighted by Crippen LogP contribution is -2.04. The minimum Gasteiger partial charge on any atom is -0.494 e. The Bertz CT molecular complexity index is 655. The summed E-state index contributed by atoms with van der Waals surface area (Å²) in [7, 11) is 0. The molecule has 8 heteroatoms. The van der Waals surface area contributed by atoms with E-state index in [2.05, 4.69) is 9.97 Å². The predicted octanol–water partition coefficient (Wildman–Crippen LogP) is 3.53. The second-order valence-electron chi connectivity index (χ2n) is 4.16. The molecule has 0 fully saturated rings. The van der Waals surface area contributed by atoms with Crippen LogP contribution in [0.25, 0.3) is 0 Å². The molecule has 0 aliphatic carbocycles. The van der Waals surface area contributed by atoms with Crippen molar-refractivity contribution in [3.8, 4) is 5.75 Å². The van der Waals surface area contributed by atoms with E-state index in [0.29, 0.717) is 29.7 Å². The smallest absolute Gasteiger partial charge is 0.356 e. The molecular formula is C14H12ClFN2O3S. The van der Waals surface area contributed by atoms with Gasteiger partial charge in [0, 0.05) is 5.75 Å². The summed E-state index contributed by atoms with van der Waals surface area (Å²) in [6, 6.07) is 5.78. The van der Waals surface area contributed by atoms with Crippen molar-refractivity contribution in [3.05, 3.63) is 47.0 Å². The van der Waals surface area contributed by atoms with Gasteiger partial charge in [0.1, 0.15) is 11.6 Å². The van der Waals surface area contributed by atoms with E-state index in [-0.39, 0.29) is 16.5 Å². The Hall–Kier alpha value is -1.86. The Kier molecular flexibility index (Phi) is 5.97. The summed E-state index contributed by atoms with van der Waals surface area (Å²) in [5.74, 6) is -0.241. The molecule has 0 saturated heterocycles. The monoisotopic (exact) mass is 342 g/mol. The van der Waals surface area contributed by atoms with Crippen molar-refractivity contribution >= 4 is 29.3 Å². The minimum atomic E-state index is -1.19. The maximum atomic E-state index is 12.7. The number of nitrogens with zero attached hydrogens (tertiary/aromatic N) is 2. The highest BCUT2D eigenvalue weighted by Gasteiger charge is 2.12. The van der Waals surface area contributed by atoms with Gasteiger partial charge in [0.25, 0.3) is 0 Å². The summed E-state index contributed by atoms with van der Waals surface area (Å²) >= 11 is 7.01. The zero-order valence-electron chi connectivity index (χ0n) is 11.3. The topological polar surface area (TPSA) is 72.3 Å². The first-order chi connectivity index (χ1) is 10.6. The number of hydrogen-bond donors (Lipinski definition) is 1. The first kappa shape index (κ1) is 16.5. The lowest BCUT2D eigenvalue weighted by molar-refractivity contribution is 0.0689. The van der Waals surface area contributed by atoms with Gasteiger partial charge in [-0.1, -0.05) is 23.4 Å². The highest BCUT2D eigenvalue weighted by atomic mass is 35.5. The molecule has 22 heavy (non-hydrogen) atoms. The number of aromatic carboxylic acids is 1. The summed E-state index contributed by atoms with van der Waals surface area (Å²) in [6.45, 7) is 0.456. The van der Waals surface area contributed by atoms with Crippen LogP contribution >= 0.6 is 23.4 Å². The van der Waals surface area contributed by atoms with Crippen LogP contribution in [0.4, 0.5) is 4.39 Å². The highest BCUT2D eigenvalue weighted by molar-refractivity contribution is 7.99. The normalized spacial score (nSPS) is 10.5. The molecule has 0 atom stereocenters. The number of carbonyl (C=O) groups is 1. The number of thioether (sulfide) groups is 1. The van der Waals surface area contributed by atoms with Crippen LogP contribution in [0.1, 0.15) is 16.9 Å². The quantitative estimate of drug-likeness (QED) is 0.471. The SMILES string of the molecule is O=C(O)c1nc(SCCCOc2ccc(F)cc2)ncc1Cl. The molecule has 0 unspecified atom stereocenters. The fraction of sp³-hybridized carbons (Fsp3) is 0.214. The lowest BCUT2D eigenvalue weighted by Gasteiger charge is -2.06. The van der Waals surface area contributed by atoms with Crippen LogP contribution in [-0.4, -0.2) is 33.4 Å². The molecule has 5 nitrogen and oxygen atoms in total. The van der Waals surface area contributed by atoms with Crippen LogP contribution < -0.4 is 4.74 Å². The Balaban J connectivity index is 1.76. The van der Waals surface area contributed by atoms with E-state index in [9.17, 15) is 9.18 Å². The Morgan fingerprint density at radius 3 is 2.77 bits per heavy atom. The van der Waals surface area contributed by atoms with Crippen molar-refractivity contribution in [1.82, 2.24) is 9.97 Å². The molecule has 1 N–H and O–H groups in total. The number of aromatic nitrogens is 2. The highest BCUT2D eigenvalue weighted by Crippen LogP contribution is 2.19.